The number of fused-ring (bicyclic) bond motifs is 1. The quantitative estimate of drug-likeness (QED) is 0.0868. The summed E-state index contributed by atoms with van der Waals surface area (Å²) in [5.74, 6) is -2.66. The zero-order chi connectivity index (χ0) is 38.2. The van der Waals surface area contributed by atoms with Crippen molar-refractivity contribution in [3.63, 3.8) is 0 Å². The number of amides is 3. The number of carbonyl (C=O) groups excluding carboxylic acids is 3. The van der Waals surface area contributed by atoms with Crippen LogP contribution >= 0.6 is 23.7 Å². The summed E-state index contributed by atoms with van der Waals surface area (Å²) in [6.45, 7) is 1.74. The van der Waals surface area contributed by atoms with E-state index in [2.05, 4.69) is 15.5 Å². The highest BCUT2D eigenvalue weighted by atomic mass is 35.5. The van der Waals surface area contributed by atoms with Crippen LogP contribution in [-0.2, 0) is 41.8 Å². The van der Waals surface area contributed by atoms with Gasteiger partial charge in [0, 0.05) is 55.3 Å². The molecule has 13 heteroatoms. The molecule has 3 amide bonds. The van der Waals surface area contributed by atoms with Crippen LogP contribution in [0.2, 0.25) is 0 Å². The van der Waals surface area contributed by atoms with Gasteiger partial charge in [0.05, 0.1) is 17.5 Å². The van der Waals surface area contributed by atoms with Gasteiger partial charge in [-0.15, -0.1) is 23.7 Å². The summed E-state index contributed by atoms with van der Waals surface area (Å²) in [6.07, 6.45) is 7.14. The standard InChI is InChI=1S/C42H46N4O7S.ClH/c1-45(36(47)21-22-37(48)49)23-24-46(33-19-20-33)26-29-5-4-6-31(25-29)39(50)44-41-38(34-7-2-3-8-35(34)54-41)40(51)43-32-17-13-28(14-18-32)10-9-27-11-15-30(16-12-27)42(52)53;/h4-6,11-18,25,33H,2-3,7-10,19-24,26H2,1H3,(H,43,51)(H,44,50)(H,48,49)(H,52,53);1H. The molecule has 290 valence electrons. The van der Waals surface area contributed by atoms with E-state index >= 15 is 0 Å². The van der Waals surface area contributed by atoms with Crippen LogP contribution in [-0.4, -0.2) is 75.9 Å². The lowest BCUT2D eigenvalue weighted by Crippen LogP contribution is -2.37. The van der Waals surface area contributed by atoms with Gasteiger partial charge in [-0.2, -0.15) is 0 Å². The molecule has 1 heterocycles. The molecule has 55 heavy (non-hydrogen) atoms. The Kier molecular flexibility index (Phi) is 14.2. The largest absolute Gasteiger partial charge is 0.481 e. The SMILES string of the molecule is CN(CCN(Cc1cccc(C(=O)Nc2sc3c(c2C(=O)Nc2ccc(CCc4ccc(C(=O)O)cc4)cc2)CCCC3)c1)C1CC1)C(=O)CCC(=O)O.Cl. The number of benzene rings is 3. The number of carboxylic acids is 2. The first-order valence-electron chi connectivity index (χ1n) is 18.5. The third-order valence-electron chi connectivity index (χ3n) is 10.1. The Morgan fingerprint density at radius 1 is 0.764 bits per heavy atom. The molecule has 1 fully saturated rings. The number of aromatic carboxylic acids is 1. The van der Waals surface area contributed by atoms with Gasteiger partial charge in [-0.25, -0.2) is 4.79 Å². The maximum atomic E-state index is 13.9. The number of halogens is 1. The lowest BCUT2D eigenvalue weighted by Gasteiger charge is -2.26. The van der Waals surface area contributed by atoms with Gasteiger partial charge in [0.25, 0.3) is 11.8 Å². The second-order valence-corrected chi connectivity index (χ2v) is 15.2. The molecule has 0 atom stereocenters. The maximum absolute atomic E-state index is 13.9. The van der Waals surface area contributed by atoms with Crippen LogP contribution in [0, 0.1) is 0 Å². The van der Waals surface area contributed by atoms with Gasteiger partial charge in [-0.3, -0.25) is 24.1 Å². The van der Waals surface area contributed by atoms with Crippen LogP contribution in [0.1, 0.15) is 96.7 Å². The highest BCUT2D eigenvalue weighted by Gasteiger charge is 2.30. The van der Waals surface area contributed by atoms with Crippen molar-refractivity contribution in [2.75, 3.05) is 30.8 Å². The Labute approximate surface area is 331 Å². The van der Waals surface area contributed by atoms with E-state index in [0.29, 0.717) is 47.5 Å². The third-order valence-corrected chi connectivity index (χ3v) is 11.3. The molecule has 4 N–H and O–H groups in total. The first kappa shape index (κ1) is 41.1. The summed E-state index contributed by atoms with van der Waals surface area (Å²) in [7, 11) is 1.70. The number of anilines is 2. The van der Waals surface area contributed by atoms with E-state index in [9.17, 15) is 24.0 Å². The molecule has 11 nitrogen and oxygen atoms in total. The Bertz CT molecular complexity index is 2010. The lowest BCUT2D eigenvalue weighted by atomic mass is 9.95. The number of nitrogens with zero attached hydrogens (tertiary/aromatic N) is 2. The number of likely N-dealkylation sites (N-methyl/N-ethyl adjacent to an activating group) is 1. The molecule has 2 aliphatic rings. The molecule has 0 spiro atoms. The average molecular weight is 787 g/mol. The van der Waals surface area contributed by atoms with Crippen molar-refractivity contribution in [2.24, 2.45) is 0 Å². The molecule has 0 saturated heterocycles. The molecule has 1 aromatic heterocycles. The summed E-state index contributed by atoms with van der Waals surface area (Å²) >= 11 is 1.48. The zero-order valence-electron chi connectivity index (χ0n) is 30.8. The highest BCUT2D eigenvalue weighted by molar-refractivity contribution is 7.17. The first-order chi connectivity index (χ1) is 26.0. The predicted molar refractivity (Wildman–Crippen MR) is 216 cm³/mol. The van der Waals surface area contributed by atoms with Crippen LogP contribution in [0.3, 0.4) is 0 Å². The lowest BCUT2D eigenvalue weighted by molar-refractivity contribution is -0.140. The van der Waals surface area contributed by atoms with Crippen molar-refractivity contribution >= 4 is 64.1 Å². The number of nitrogens with one attached hydrogen (secondary N) is 2. The summed E-state index contributed by atoms with van der Waals surface area (Å²) in [4.78, 5) is 67.0. The number of rotatable bonds is 17. The second kappa shape index (κ2) is 19.0. The van der Waals surface area contributed by atoms with Crippen LogP contribution in [0.5, 0.6) is 0 Å². The monoisotopic (exact) mass is 786 g/mol. The fraction of sp³-hybridized carbons (Fsp3) is 0.357. The molecule has 0 unspecified atom stereocenters. The van der Waals surface area contributed by atoms with Crippen molar-refractivity contribution in [3.8, 4) is 0 Å². The normalized spacial score (nSPS) is 13.3. The van der Waals surface area contributed by atoms with Gasteiger partial charge in [-0.1, -0.05) is 36.4 Å². The van der Waals surface area contributed by atoms with Crippen LogP contribution in [0.4, 0.5) is 10.7 Å². The molecular formula is C42H47ClN4O7S. The Morgan fingerprint density at radius 2 is 1.44 bits per heavy atom. The van der Waals surface area contributed by atoms with E-state index in [1.54, 1.807) is 30.1 Å². The summed E-state index contributed by atoms with van der Waals surface area (Å²) in [5, 5.41) is 24.7. The van der Waals surface area contributed by atoms with Crippen molar-refractivity contribution in [3.05, 3.63) is 117 Å². The molecule has 0 radical (unpaired) electrons. The Hall–Kier alpha value is -5.04. The third kappa shape index (κ3) is 11.3. The zero-order valence-corrected chi connectivity index (χ0v) is 32.5. The van der Waals surface area contributed by atoms with E-state index < -0.39 is 11.9 Å². The smallest absolute Gasteiger partial charge is 0.335 e. The van der Waals surface area contributed by atoms with Gasteiger partial charge in [0.15, 0.2) is 0 Å². The van der Waals surface area contributed by atoms with Gasteiger partial charge >= 0.3 is 11.9 Å². The van der Waals surface area contributed by atoms with Crippen molar-refractivity contribution < 1.29 is 34.2 Å². The number of hydrogen-bond donors (Lipinski definition) is 4. The van der Waals surface area contributed by atoms with Gasteiger partial charge in [0.1, 0.15) is 5.00 Å². The van der Waals surface area contributed by atoms with E-state index in [1.807, 2.05) is 54.6 Å². The number of hydrogen-bond acceptors (Lipinski definition) is 7. The molecule has 0 bridgehead atoms. The van der Waals surface area contributed by atoms with Crippen LogP contribution in [0.15, 0.2) is 72.8 Å². The summed E-state index contributed by atoms with van der Waals surface area (Å²) in [5.41, 5.74) is 6.05. The maximum Gasteiger partial charge on any atom is 0.335 e. The molecule has 0 aliphatic heterocycles. The van der Waals surface area contributed by atoms with Crippen molar-refractivity contribution in [2.45, 2.75) is 76.8 Å². The minimum absolute atomic E-state index is 0. The van der Waals surface area contributed by atoms with E-state index in [1.165, 1.54) is 11.3 Å². The Morgan fingerprint density at radius 3 is 2.09 bits per heavy atom. The van der Waals surface area contributed by atoms with Crippen molar-refractivity contribution in [1.82, 2.24) is 9.80 Å². The topological polar surface area (TPSA) is 156 Å². The average Bonchev–Trinajstić information content (AvgIpc) is 3.95. The fourth-order valence-corrected chi connectivity index (χ4v) is 8.09. The molecule has 1 saturated carbocycles. The summed E-state index contributed by atoms with van der Waals surface area (Å²) in [6, 6.07) is 22.5. The number of aryl methyl sites for hydroxylation is 3. The van der Waals surface area contributed by atoms with Gasteiger partial charge in [-0.05, 0) is 110 Å². The van der Waals surface area contributed by atoms with Crippen molar-refractivity contribution in [1.29, 1.82) is 0 Å². The minimum Gasteiger partial charge on any atom is -0.481 e. The van der Waals surface area contributed by atoms with Gasteiger partial charge in [0.2, 0.25) is 5.91 Å². The minimum atomic E-state index is -0.988. The number of carboxylic acid groups (broad SMARTS) is 2. The van der Waals surface area contributed by atoms with Crippen LogP contribution in [0.25, 0.3) is 0 Å². The fourth-order valence-electron chi connectivity index (χ4n) is 6.80. The van der Waals surface area contributed by atoms with Gasteiger partial charge < -0.3 is 25.7 Å². The Balaban J connectivity index is 0.00000580. The molecule has 3 aromatic carbocycles. The number of thiophene rings is 1. The number of aliphatic carboxylic acids is 1. The van der Waals surface area contributed by atoms with E-state index in [-0.39, 0.29) is 48.5 Å². The summed E-state index contributed by atoms with van der Waals surface area (Å²) < 4.78 is 0. The molecule has 2 aliphatic carbocycles. The van der Waals surface area contributed by atoms with E-state index in [4.69, 9.17) is 10.2 Å². The second-order valence-electron chi connectivity index (χ2n) is 14.1. The molecule has 6 rings (SSSR count). The first-order valence-corrected chi connectivity index (χ1v) is 19.3. The highest BCUT2D eigenvalue weighted by Crippen LogP contribution is 2.39. The predicted octanol–water partition coefficient (Wildman–Crippen LogP) is 7.32. The molecular weight excluding hydrogens is 740 g/mol. The van der Waals surface area contributed by atoms with Crippen LogP contribution < -0.4 is 10.6 Å². The molecule has 4 aromatic rings. The van der Waals surface area contributed by atoms with E-state index in [0.717, 1.165) is 78.5 Å². The number of carbonyl (C=O) groups is 5.